The van der Waals surface area contributed by atoms with Gasteiger partial charge in [0.15, 0.2) is 12.4 Å². The van der Waals surface area contributed by atoms with E-state index in [-0.39, 0.29) is 35.8 Å². The summed E-state index contributed by atoms with van der Waals surface area (Å²) in [6, 6.07) is 10.5. The second kappa shape index (κ2) is 8.93. The Labute approximate surface area is 156 Å². The first-order chi connectivity index (χ1) is 12.8. The monoisotopic (exact) mass is 372 g/mol. The number of carbonyl (C=O) groups excluding carboxylic acids is 3. The first kappa shape index (κ1) is 20.1. The van der Waals surface area contributed by atoms with Crippen molar-refractivity contribution in [2.75, 3.05) is 19.0 Å². The largest absolute Gasteiger partial charge is 0.482 e. The van der Waals surface area contributed by atoms with Gasteiger partial charge in [-0.3, -0.25) is 14.4 Å². The van der Waals surface area contributed by atoms with Crippen LogP contribution in [0, 0.1) is 5.82 Å². The molecule has 0 aliphatic rings. The Morgan fingerprint density at radius 1 is 1.07 bits per heavy atom. The molecule has 0 saturated carbocycles. The summed E-state index contributed by atoms with van der Waals surface area (Å²) < 4.78 is 18.5. The van der Waals surface area contributed by atoms with Gasteiger partial charge in [0.1, 0.15) is 11.6 Å². The smallest absolute Gasteiger partial charge is 0.260 e. The van der Waals surface area contributed by atoms with Crippen LogP contribution >= 0.6 is 0 Å². The lowest BCUT2D eigenvalue weighted by molar-refractivity contribution is -0.132. The van der Waals surface area contributed by atoms with Crippen molar-refractivity contribution in [1.29, 1.82) is 0 Å². The molecule has 0 atom stereocenters. The first-order valence-corrected chi connectivity index (χ1v) is 8.30. The van der Waals surface area contributed by atoms with Gasteiger partial charge in [-0.1, -0.05) is 12.1 Å². The van der Waals surface area contributed by atoms with Crippen molar-refractivity contribution in [3.63, 3.8) is 0 Å². The molecule has 1 N–H and O–H groups in total. The zero-order valence-corrected chi connectivity index (χ0v) is 15.4. The number of ether oxygens (including phenoxy) is 1. The van der Waals surface area contributed by atoms with Gasteiger partial charge in [-0.2, -0.15) is 0 Å². The number of anilines is 1. The number of hydrogen-bond acceptors (Lipinski definition) is 4. The number of nitrogens with zero attached hydrogens (tertiary/aromatic N) is 1. The summed E-state index contributed by atoms with van der Waals surface area (Å²) in [6.45, 7) is 2.79. The van der Waals surface area contributed by atoms with Crippen LogP contribution in [0.2, 0.25) is 0 Å². The Bertz CT molecular complexity index is 850. The molecule has 0 unspecified atom stereocenters. The molecule has 0 saturated heterocycles. The van der Waals surface area contributed by atoms with Crippen molar-refractivity contribution in [2.45, 2.75) is 20.4 Å². The lowest BCUT2D eigenvalue weighted by atomic mass is 10.1. The topological polar surface area (TPSA) is 75.7 Å². The summed E-state index contributed by atoms with van der Waals surface area (Å²) in [4.78, 5) is 36.6. The number of likely N-dealkylation sites (N-methyl/N-ethyl adjacent to an activating group) is 1. The number of hydrogen-bond donors (Lipinski definition) is 1. The number of carbonyl (C=O) groups is 3. The van der Waals surface area contributed by atoms with E-state index in [1.807, 2.05) is 0 Å². The molecule has 0 spiro atoms. The lowest BCUT2D eigenvalue weighted by Crippen LogP contribution is -2.31. The van der Waals surface area contributed by atoms with Gasteiger partial charge in [0.05, 0.1) is 5.69 Å². The fourth-order valence-electron chi connectivity index (χ4n) is 2.36. The van der Waals surface area contributed by atoms with Crippen molar-refractivity contribution < 1.29 is 23.5 Å². The van der Waals surface area contributed by atoms with E-state index in [1.165, 1.54) is 36.9 Å². The van der Waals surface area contributed by atoms with Crippen molar-refractivity contribution in [3.8, 4) is 5.75 Å². The van der Waals surface area contributed by atoms with Crippen molar-refractivity contribution in [1.82, 2.24) is 4.90 Å². The van der Waals surface area contributed by atoms with Crippen LogP contribution in [0.1, 0.15) is 29.8 Å². The molecule has 0 aliphatic heterocycles. The van der Waals surface area contributed by atoms with Crippen LogP contribution in [-0.4, -0.2) is 36.2 Å². The van der Waals surface area contributed by atoms with Gasteiger partial charge in [0.25, 0.3) is 5.91 Å². The summed E-state index contributed by atoms with van der Waals surface area (Å²) in [5.41, 5.74) is 1.57. The van der Waals surface area contributed by atoms with Crippen molar-refractivity contribution in [3.05, 3.63) is 59.4 Å². The molecule has 0 aromatic heterocycles. The minimum atomic E-state index is -0.341. The summed E-state index contributed by atoms with van der Waals surface area (Å²) >= 11 is 0. The molecule has 142 valence electrons. The fourth-order valence-corrected chi connectivity index (χ4v) is 2.36. The highest BCUT2D eigenvalue weighted by Crippen LogP contribution is 2.26. The standard InChI is InChI=1S/C20H21FN2O4/c1-13(24)16-6-9-18(22-14(2)25)19(10-16)27-12-20(26)23(3)11-15-4-7-17(21)8-5-15/h4-10H,11-12H2,1-3H3,(H,22,25). The van der Waals surface area contributed by atoms with Gasteiger partial charge >= 0.3 is 0 Å². The van der Waals surface area contributed by atoms with E-state index in [4.69, 9.17) is 4.74 Å². The number of Topliss-reactive ketones (excluding diaryl/α,β-unsaturated/α-hetero) is 1. The molecule has 2 aromatic rings. The highest BCUT2D eigenvalue weighted by Gasteiger charge is 2.14. The third-order valence-electron chi connectivity index (χ3n) is 3.81. The van der Waals surface area contributed by atoms with Crippen LogP contribution in [0.3, 0.4) is 0 Å². The fraction of sp³-hybridized carbons (Fsp3) is 0.250. The molecule has 0 radical (unpaired) electrons. The molecule has 2 rings (SSSR count). The van der Waals surface area contributed by atoms with Crippen molar-refractivity contribution in [2.24, 2.45) is 0 Å². The van der Waals surface area contributed by atoms with Crippen LogP contribution in [0.15, 0.2) is 42.5 Å². The Balaban J connectivity index is 2.05. The molecule has 2 aromatic carbocycles. The van der Waals surface area contributed by atoms with E-state index in [1.54, 1.807) is 31.3 Å². The summed E-state index contributed by atoms with van der Waals surface area (Å²) in [5, 5.41) is 2.60. The predicted octanol–water partition coefficient (Wildman–Crippen LogP) is 3.02. The van der Waals surface area contributed by atoms with Gasteiger partial charge < -0.3 is 15.0 Å². The predicted molar refractivity (Wildman–Crippen MR) is 99.1 cm³/mol. The second-order valence-electron chi connectivity index (χ2n) is 6.11. The highest BCUT2D eigenvalue weighted by molar-refractivity contribution is 5.96. The SMILES string of the molecule is CC(=O)Nc1ccc(C(C)=O)cc1OCC(=O)N(C)Cc1ccc(F)cc1. The minimum Gasteiger partial charge on any atom is -0.482 e. The Morgan fingerprint density at radius 2 is 1.74 bits per heavy atom. The molecule has 2 amide bonds. The minimum absolute atomic E-state index is 0.158. The van der Waals surface area contributed by atoms with Gasteiger partial charge in [0, 0.05) is 26.1 Å². The third kappa shape index (κ3) is 5.91. The maximum Gasteiger partial charge on any atom is 0.260 e. The quantitative estimate of drug-likeness (QED) is 0.758. The number of amides is 2. The van der Waals surface area contributed by atoms with Gasteiger partial charge in [0.2, 0.25) is 5.91 Å². The van der Waals surface area contributed by atoms with E-state index < -0.39 is 0 Å². The summed E-state index contributed by atoms with van der Waals surface area (Å²) in [5.74, 6) is -0.862. The maximum atomic E-state index is 13.0. The lowest BCUT2D eigenvalue weighted by Gasteiger charge is -2.19. The third-order valence-corrected chi connectivity index (χ3v) is 3.81. The van der Waals surface area contributed by atoms with E-state index in [2.05, 4.69) is 5.32 Å². The summed E-state index contributed by atoms with van der Waals surface area (Å²) in [7, 11) is 1.61. The van der Waals surface area contributed by atoms with Crippen LogP contribution in [0.25, 0.3) is 0 Å². The van der Waals surface area contributed by atoms with Gasteiger partial charge in [-0.15, -0.1) is 0 Å². The van der Waals surface area contributed by atoms with E-state index in [9.17, 15) is 18.8 Å². The highest BCUT2D eigenvalue weighted by atomic mass is 19.1. The number of ketones is 1. The van der Waals surface area contributed by atoms with Crippen molar-refractivity contribution >= 4 is 23.3 Å². The zero-order valence-electron chi connectivity index (χ0n) is 15.4. The number of nitrogens with one attached hydrogen (secondary N) is 1. The van der Waals surface area contributed by atoms with Crippen LogP contribution < -0.4 is 10.1 Å². The summed E-state index contributed by atoms with van der Waals surface area (Å²) in [6.07, 6.45) is 0. The molecular formula is C20H21FN2O4. The van der Waals surface area contributed by atoms with E-state index in [0.29, 0.717) is 17.8 Å². The van der Waals surface area contributed by atoms with E-state index in [0.717, 1.165) is 5.56 Å². The number of benzene rings is 2. The molecule has 7 heteroatoms. The van der Waals surface area contributed by atoms with Gasteiger partial charge in [-0.25, -0.2) is 4.39 Å². The zero-order chi connectivity index (χ0) is 20.0. The van der Waals surface area contributed by atoms with E-state index >= 15 is 0 Å². The Kier molecular flexibility index (Phi) is 6.65. The van der Waals surface area contributed by atoms with Crippen LogP contribution in [0.5, 0.6) is 5.75 Å². The normalized spacial score (nSPS) is 10.2. The number of halogens is 1. The first-order valence-electron chi connectivity index (χ1n) is 8.30. The molecule has 0 bridgehead atoms. The van der Waals surface area contributed by atoms with Gasteiger partial charge in [-0.05, 0) is 42.8 Å². The number of rotatable bonds is 7. The Morgan fingerprint density at radius 3 is 2.33 bits per heavy atom. The Hall–Kier alpha value is -3.22. The average molecular weight is 372 g/mol. The molecule has 0 heterocycles. The van der Waals surface area contributed by atoms with Crippen LogP contribution in [-0.2, 0) is 16.1 Å². The molecule has 0 fully saturated rings. The maximum absolute atomic E-state index is 13.0. The second-order valence-corrected chi connectivity index (χ2v) is 6.11. The average Bonchev–Trinajstić information content (AvgIpc) is 2.61. The molecule has 0 aliphatic carbocycles. The van der Waals surface area contributed by atoms with Crippen LogP contribution in [0.4, 0.5) is 10.1 Å². The molecular weight excluding hydrogens is 351 g/mol. The molecule has 6 nitrogen and oxygen atoms in total. The molecule has 27 heavy (non-hydrogen) atoms.